The van der Waals surface area contributed by atoms with Crippen LogP contribution in [0.15, 0.2) is 60.9 Å². The third kappa shape index (κ3) is 8.47. The van der Waals surface area contributed by atoms with Crippen LogP contribution in [0.3, 0.4) is 0 Å². The molecule has 0 saturated carbocycles. The molecule has 0 spiro atoms. The standard InChI is InChI=1S/C28H34F2N4O5/c1-37-18-27(35)33-13-12-32(19-28(36,20-33)21-39-24-7-8-25(29)26(30)16-24)17-22-5-2-6-23(15-22)38-14-4-11-34-10-3-9-31-34/h2-3,5-10,15-16,36H,4,11-14,17-21H2,1H3/t28-/m0/s1. The number of rotatable bonds is 12. The third-order valence-electron chi connectivity index (χ3n) is 6.37. The molecule has 1 aliphatic heterocycles. The average Bonchev–Trinajstić information content (AvgIpc) is 3.38. The van der Waals surface area contributed by atoms with E-state index in [4.69, 9.17) is 14.2 Å². The number of methoxy groups -OCH3 is 1. The van der Waals surface area contributed by atoms with Gasteiger partial charge in [0, 0.05) is 64.7 Å². The molecule has 210 valence electrons. The Morgan fingerprint density at radius 1 is 1.05 bits per heavy atom. The smallest absolute Gasteiger partial charge is 0.248 e. The first kappa shape index (κ1) is 28.5. The summed E-state index contributed by atoms with van der Waals surface area (Å²) >= 11 is 0. The van der Waals surface area contributed by atoms with E-state index in [1.54, 1.807) is 6.20 Å². The zero-order valence-electron chi connectivity index (χ0n) is 22.0. The Kier molecular flexibility index (Phi) is 9.85. The van der Waals surface area contributed by atoms with Crippen molar-refractivity contribution >= 4 is 5.91 Å². The third-order valence-corrected chi connectivity index (χ3v) is 6.37. The van der Waals surface area contributed by atoms with Crippen LogP contribution in [0.5, 0.6) is 11.5 Å². The van der Waals surface area contributed by atoms with Crippen molar-refractivity contribution in [1.29, 1.82) is 0 Å². The summed E-state index contributed by atoms with van der Waals surface area (Å²) in [5, 5.41) is 15.7. The van der Waals surface area contributed by atoms with Gasteiger partial charge in [-0.2, -0.15) is 5.10 Å². The van der Waals surface area contributed by atoms with E-state index in [9.17, 15) is 18.7 Å². The second kappa shape index (κ2) is 13.5. The van der Waals surface area contributed by atoms with Crippen molar-refractivity contribution in [1.82, 2.24) is 19.6 Å². The predicted molar refractivity (Wildman–Crippen MR) is 139 cm³/mol. The number of ether oxygens (including phenoxy) is 3. The Morgan fingerprint density at radius 3 is 2.67 bits per heavy atom. The summed E-state index contributed by atoms with van der Waals surface area (Å²) in [5.41, 5.74) is -0.481. The molecule has 11 heteroatoms. The Bertz CT molecular complexity index is 1210. The topological polar surface area (TPSA) is 89.3 Å². The fourth-order valence-electron chi connectivity index (χ4n) is 4.52. The number of carbonyl (C=O) groups excluding carboxylic acids is 1. The van der Waals surface area contributed by atoms with Gasteiger partial charge in [-0.25, -0.2) is 8.78 Å². The van der Waals surface area contributed by atoms with Crippen LogP contribution in [0.2, 0.25) is 0 Å². The zero-order chi connectivity index (χ0) is 27.7. The predicted octanol–water partition coefficient (Wildman–Crippen LogP) is 2.73. The van der Waals surface area contributed by atoms with Gasteiger partial charge in [0.05, 0.1) is 13.2 Å². The molecule has 0 radical (unpaired) electrons. The lowest BCUT2D eigenvalue weighted by Gasteiger charge is -2.33. The second-order valence-electron chi connectivity index (χ2n) is 9.67. The second-order valence-corrected chi connectivity index (χ2v) is 9.67. The maximum absolute atomic E-state index is 13.7. The SMILES string of the molecule is COCC(=O)N1CCN(Cc2cccc(OCCCn3cccn3)c2)C[C@@](O)(COc2ccc(F)c(F)c2)C1. The number of aromatic nitrogens is 2. The summed E-state index contributed by atoms with van der Waals surface area (Å²) in [7, 11) is 1.44. The van der Waals surface area contributed by atoms with Gasteiger partial charge in [-0.1, -0.05) is 12.1 Å². The average molecular weight is 545 g/mol. The normalized spacial score (nSPS) is 18.1. The van der Waals surface area contributed by atoms with Crippen molar-refractivity contribution in [3.63, 3.8) is 0 Å². The van der Waals surface area contributed by atoms with Crippen molar-refractivity contribution in [3.8, 4) is 11.5 Å². The van der Waals surface area contributed by atoms with Crippen LogP contribution >= 0.6 is 0 Å². The van der Waals surface area contributed by atoms with E-state index in [1.807, 2.05) is 46.1 Å². The summed E-state index contributed by atoms with van der Waals surface area (Å²) < 4.78 is 45.4. The summed E-state index contributed by atoms with van der Waals surface area (Å²) in [6.45, 7) is 2.60. The first-order chi connectivity index (χ1) is 18.8. The summed E-state index contributed by atoms with van der Waals surface area (Å²) in [6, 6.07) is 12.8. The van der Waals surface area contributed by atoms with E-state index in [2.05, 4.69) is 5.10 Å². The number of hydrogen-bond donors (Lipinski definition) is 1. The van der Waals surface area contributed by atoms with Gasteiger partial charge in [-0.3, -0.25) is 14.4 Å². The molecular formula is C28H34F2N4O5. The van der Waals surface area contributed by atoms with Crippen molar-refractivity contribution in [3.05, 3.63) is 78.1 Å². The molecule has 0 bridgehead atoms. The molecule has 1 aliphatic rings. The van der Waals surface area contributed by atoms with E-state index < -0.39 is 17.2 Å². The molecule has 1 atom stereocenters. The fourth-order valence-corrected chi connectivity index (χ4v) is 4.52. The Hall–Kier alpha value is -3.54. The summed E-state index contributed by atoms with van der Waals surface area (Å²) in [5.74, 6) is -1.44. The number of nitrogens with zero attached hydrogens (tertiary/aromatic N) is 4. The minimum absolute atomic E-state index is 0.00870. The number of amides is 1. The van der Waals surface area contributed by atoms with E-state index in [-0.39, 0.29) is 38.0 Å². The molecule has 9 nitrogen and oxygen atoms in total. The Morgan fingerprint density at radius 2 is 1.90 bits per heavy atom. The lowest BCUT2D eigenvalue weighted by Crippen LogP contribution is -2.52. The number of aryl methyl sites for hydroxylation is 1. The maximum atomic E-state index is 13.7. The molecule has 3 aromatic rings. The number of hydrogen-bond acceptors (Lipinski definition) is 7. The molecule has 1 N–H and O–H groups in total. The highest BCUT2D eigenvalue weighted by Gasteiger charge is 2.37. The number of benzene rings is 2. The van der Waals surface area contributed by atoms with E-state index in [0.717, 1.165) is 36.4 Å². The minimum Gasteiger partial charge on any atom is -0.494 e. The highest BCUT2D eigenvalue weighted by atomic mass is 19.2. The Labute approximate surface area is 226 Å². The molecule has 2 heterocycles. The zero-order valence-corrected chi connectivity index (χ0v) is 22.0. The van der Waals surface area contributed by atoms with Gasteiger partial charge in [0.15, 0.2) is 11.6 Å². The molecule has 4 rings (SSSR count). The molecular weight excluding hydrogens is 510 g/mol. The van der Waals surface area contributed by atoms with Gasteiger partial charge >= 0.3 is 0 Å². The molecule has 1 aromatic heterocycles. The van der Waals surface area contributed by atoms with Crippen molar-refractivity contribution in [2.24, 2.45) is 0 Å². The quantitative estimate of drug-likeness (QED) is 0.351. The molecule has 0 aliphatic carbocycles. The number of halogens is 2. The fraction of sp³-hybridized carbons (Fsp3) is 0.429. The minimum atomic E-state index is -1.47. The van der Waals surface area contributed by atoms with Crippen LogP contribution in [0.25, 0.3) is 0 Å². The number of aliphatic hydroxyl groups is 1. The first-order valence-electron chi connectivity index (χ1n) is 12.8. The van der Waals surface area contributed by atoms with Crippen LogP contribution < -0.4 is 9.47 Å². The van der Waals surface area contributed by atoms with Gasteiger partial charge in [0.1, 0.15) is 30.3 Å². The van der Waals surface area contributed by atoms with Crippen LogP contribution in [0.4, 0.5) is 8.78 Å². The molecule has 1 fully saturated rings. The first-order valence-corrected chi connectivity index (χ1v) is 12.8. The lowest BCUT2D eigenvalue weighted by molar-refractivity contribution is -0.138. The molecule has 0 unspecified atom stereocenters. The van der Waals surface area contributed by atoms with E-state index in [0.29, 0.717) is 26.2 Å². The van der Waals surface area contributed by atoms with Gasteiger partial charge < -0.3 is 24.2 Å². The van der Waals surface area contributed by atoms with Gasteiger partial charge in [0.25, 0.3) is 0 Å². The maximum Gasteiger partial charge on any atom is 0.248 e. The number of carbonyl (C=O) groups is 1. The summed E-state index contributed by atoms with van der Waals surface area (Å²) in [6.07, 6.45) is 4.47. The van der Waals surface area contributed by atoms with Crippen molar-refractivity contribution < 1.29 is 32.9 Å². The Balaban J connectivity index is 1.40. The van der Waals surface area contributed by atoms with Gasteiger partial charge in [-0.05, 0) is 35.9 Å². The number of β-amino-alcohol motifs (C(OH)–C–C–N with tert-alkyl or cyclic N) is 1. The van der Waals surface area contributed by atoms with E-state index >= 15 is 0 Å². The van der Waals surface area contributed by atoms with Crippen LogP contribution in [-0.4, -0.2) is 89.3 Å². The summed E-state index contributed by atoms with van der Waals surface area (Å²) in [4.78, 5) is 16.2. The lowest BCUT2D eigenvalue weighted by atomic mass is 10.0. The van der Waals surface area contributed by atoms with Crippen LogP contribution in [0.1, 0.15) is 12.0 Å². The van der Waals surface area contributed by atoms with Crippen molar-refractivity contribution in [2.45, 2.75) is 25.1 Å². The van der Waals surface area contributed by atoms with Gasteiger partial charge in [-0.15, -0.1) is 0 Å². The monoisotopic (exact) mass is 544 g/mol. The highest BCUT2D eigenvalue weighted by molar-refractivity contribution is 5.77. The molecule has 39 heavy (non-hydrogen) atoms. The highest BCUT2D eigenvalue weighted by Crippen LogP contribution is 2.22. The molecule has 1 saturated heterocycles. The van der Waals surface area contributed by atoms with Gasteiger partial charge in [0.2, 0.25) is 5.91 Å². The van der Waals surface area contributed by atoms with E-state index in [1.165, 1.54) is 18.1 Å². The molecule has 2 aromatic carbocycles. The molecule has 1 amide bonds. The van der Waals surface area contributed by atoms with Crippen LogP contribution in [0, 0.1) is 11.6 Å². The van der Waals surface area contributed by atoms with Crippen molar-refractivity contribution in [2.75, 3.05) is 53.1 Å². The van der Waals surface area contributed by atoms with Crippen LogP contribution in [-0.2, 0) is 22.6 Å². The largest absolute Gasteiger partial charge is 0.494 e.